The van der Waals surface area contributed by atoms with Crippen LogP contribution in [-0.4, -0.2) is 42.0 Å². The maximum atomic E-state index is 6.05. The third-order valence-electron chi connectivity index (χ3n) is 3.94. The Morgan fingerprint density at radius 3 is 2.82 bits per heavy atom. The Morgan fingerprint density at radius 2 is 2.14 bits per heavy atom. The quantitative estimate of drug-likeness (QED) is 0.323. The number of nitrogens with zero attached hydrogens (tertiary/aromatic N) is 3. The highest BCUT2D eigenvalue weighted by molar-refractivity contribution is 14.0. The fraction of sp³-hybridized carbons (Fsp3) is 0.625. The number of rotatable bonds is 6. The highest BCUT2D eigenvalue weighted by Gasteiger charge is 2.16. The molecule has 0 amide bonds. The number of guanidine groups is 1. The van der Waals surface area contributed by atoms with Crippen LogP contribution in [0.5, 0.6) is 0 Å². The Bertz CT molecular complexity index is 429. The van der Waals surface area contributed by atoms with Gasteiger partial charge in [0.15, 0.2) is 5.96 Å². The third kappa shape index (κ3) is 6.81. The van der Waals surface area contributed by atoms with Crippen LogP contribution >= 0.6 is 24.0 Å². The minimum absolute atomic E-state index is 0. The maximum absolute atomic E-state index is 6.05. The average Bonchev–Trinajstić information content (AvgIpc) is 2.52. The van der Waals surface area contributed by atoms with Gasteiger partial charge in [0, 0.05) is 32.4 Å². The summed E-state index contributed by atoms with van der Waals surface area (Å²) in [6.07, 6.45) is 6.37. The molecule has 3 N–H and O–H groups in total. The number of nitrogens with two attached hydrogens (primary N) is 1. The van der Waals surface area contributed by atoms with Crippen molar-refractivity contribution in [1.82, 2.24) is 9.88 Å². The predicted octanol–water partition coefficient (Wildman–Crippen LogP) is 2.94. The van der Waals surface area contributed by atoms with E-state index in [2.05, 4.69) is 27.1 Å². The molecule has 0 bridgehead atoms. The monoisotopic (exact) mass is 417 g/mol. The minimum atomic E-state index is 0. The number of pyridine rings is 1. The lowest BCUT2D eigenvalue weighted by molar-refractivity contribution is 0.277. The molecule has 1 aromatic heterocycles. The Morgan fingerprint density at radius 1 is 1.36 bits per heavy atom. The van der Waals surface area contributed by atoms with Crippen LogP contribution in [0.2, 0.25) is 0 Å². The van der Waals surface area contributed by atoms with Crippen LogP contribution in [0.3, 0.4) is 0 Å². The number of unbranched alkanes of at least 4 members (excludes halogenated alkanes) is 1. The van der Waals surface area contributed by atoms with Gasteiger partial charge >= 0.3 is 0 Å². The van der Waals surface area contributed by atoms with Crippen molar-refractivity contribution in [2.45, 2.75) is 32.6 Å². The Hall–Kier alpha value is -1.05. The standard InChI is InChI=1S/C16H27N5.HI/c1-14-7-12-21(13-8-14)16(17)20-11-5-4-10-19-15-6-2-3-9-18-15;/h2-3,6,9,14H,4-5,7-8,10-13H2,1H3,(H2,17,20)(H,18,19);1H. The zero-order valence-electron chi connectivity index (χ0n) is 13.4. The second-order valence-electron chi connectivity index (χ2n) is 5.76. The molecule has 1 fully saturated rings. The van der Waals surface area contributed by atoms with Gasteiger partial charge < -0.3 is 16.0 Å². The van der Waals surface area contributed by atoms with E-state index >= 15 is 0 Å². The molecule has 124 valence electrons. The van der Waals surface area contributed by atoms with Crippen molar-refractivity contribution in [2.24, 2.45) is 16.6 Å². The number of aromatic nitrogens is 1. The van der Waals surface area contributed by atoms with Crippen LogP contribution in [0, 0.1) is 5.92 Å². The third-order valence-corrected chi connectivity index (χ3v) is 3.94. The molecule has 0 atom stereocenters. The minimum Gasteiger partial charge on any atom is -0.370 e. The number of likely N-dealkylation sites (tertiary alicyclic amines) is 1. The van der Waals surface area contributed by atoms with Crippen molar-refractivity contribution in [3.8, 4) is 0 Å². The van der Waals surface area contributed by atoms with Crippen LogP contribution in [0.15, 0.2) is 29.4 Å². The molecule has 1 aliphatic heterocycles. The van der Waals surface area contributed by atoms with E-state index < -0.39 is 0 Å². The molecule has 1 aromatic rings. The van der Waals surface area contributed by atoms with Crippen molar-refractivity contribution >= 4 is 35.8 Å². The molecule has 2 heterocycles. The number of hydrogen-bond donors (Lipinski definition) is 2. The van der Waals surface area contributed by atoms with Gasteiger partial charge in [0.05, 0.1) is 0 Å². The van der Waals surface area contributed by atoms with Gasteiger partial charge in [0.2, 0.25) is 0 Å². The topological polar surface area (TPSA) is 66.5 Å². The molecule has 0 saturated carbocycles. The molecule has 0 aliphatic carbocycles. The van der Waals surface area contributed by atoms with Crippen molar-refractivity contribution < 1.29 is 0 Å². The van der Waals surface area contributed by atoms with Gasteiger partial charge in [-0.15, -0.1) is 24.0 Å². The summed E-state index contributed by atoms with van der Waals surface area (Å²) in [5.74, 6) is 2.48. The summed E-state index contributed by atoms with van der Waals surface area (Å²) < 4.78 is 0. The molecule has 0 spiro atoms. The van der Waals surface area contributed by atoms with E-state index in [4.69, 9.17) is 5.73 Å². The molecule has 1 saturated heterocycles. The molecule has 6 heteroatoms. The maximum Gasteiger partial charge on any atom is 0.191 e. The largest absolute Gasteiger partial charge is 0.370 e. The number of piperidine rings is 1. The van der Waals surface area contributed by atoms with E-state index in [-0.39, 0.29) is 24.0 Å². The van der Waals surface area contributed by atoms with Gasteiger partial charge in [-0.2, -0.15) is 0 Å². The molecule has 2 rings (SSSR count). The SMILES string of the molecule is CC1CCN(C(N)=NCCCCNc2ccccn2)CC1.I. The molecular weight excluding hydrogens is 389 g/mol. The van der Waals surface area contributed by atoms with Crippen molar-refractivity contribution in [3.05, 3.63) is 24.4 Å². The summed E-state index contributed by atoms with van der Waals surface area (Å²) in [6, 6.07) is 5.89. The van der Waals surface area contributed by atoms with E-state index in [1.54, 1.807) is 6.20 Å². The van der Waals surface area contributed by atoms with E-state index in [1.165, 1.54) is 12.8 Å². The molecular formula is C16H28IN5. The summed E-state index contributed by atoms with van der Waals surface area (Å²) in [6.45, 7) is 6.14. The molecule has 0 unspecified atom stereocenters. The van der Waals surface area contributed by atoms with Gasteiger partial charge in [0.1, 0.15) is 5.82 Å². The van der Waals surface area contributed by atoms with Crippen LogP contribution < -0.4 is 11.1 Å². The van der Waals surface area contributed by atoms with E-state index in [0.717, 1.165) is 56.7 Å². The van der Waals surface area contributed by atoms with Gasteiger partial charge in [-0.05, 0) is 43.7 Å². The summed E-state index contributed by atoms with van der Waals surface area (Å²) in [4.78, 5) is 10.9. The fourth-order valence-corrected chi connectivity index (χ4v) is 2.45. The second kappa shape index (κ2) is 10.6. The number of aliphatic imine (C=N–C) groups is 1. The number of halogens is 1. The first-order valence-electron chi connectivity index (χ1n) is 7.95. The zero-order valence-corrected chi connectivity index (χ0v) is 15.7. The van der Waals surface area contributed by atoms with Crippen molar-refractivity contribution in [1.29, 1.82) is 0 Å². The Kier molecular flexibility index (Phi) is 9.19. The summed E-state index contributed by atoms with van der Waals surface area (Å²) in [7, 11) is 0. The summed E-state index contributed by atoms with van der Waals surface area (Å²) >= 11 is 0. The Balaban J connectivity index is 0.00000242. The van der Waals surface area contributed by atoms with Gasteiger partial charge in [-0.25, -0.2) is 4.98 Å². The van der Waals surface area contributed by atoms with Crippen molar-refractivity contribution in [2.75, 3.05) is 31.5 Å². The predicted molar refractivity (Wildman–Crippen MR) is 104 cm³/mol. The molecule has 0 radical (unpaired) electrons. The van der Waals surface area contributed by atoms with E-state index in [0.29, 0.717) is 0 Å². The van der Waals surface area contributed by atoms with Gasteiger partial charge in [-0.3, -0.25) is 4.99 Å². The van der Waals surface area contributed by atoms with Crippen LogP contribution in [0.4, 0.5) is 5.82 Å². The second-order valence-corrected chi connectivity index (χ2v) is 5.76. The molecule has 22 heavy (non-hydrogen) atoms. The first-order valence-corrected chi connectivity index (χ1v) is 7.95. The molecule has 0 aromatic carbocycles. The zero-order chi connectivity index (χ0) is 14.9. The molecule has 1 aliphatic rings. The first kappa shape index (κ1) is 19.0. The number of hydrogen-bond acceptors (Lipinski definition) is 3. The molecule has 5 nitrogen and oxygen atoms in total. The lowest BCUT2D eigenvalue weighted by Gasteiger charge is -2.31. The highest BCUT2D eigenvalue weighted by atomic mass is 127. The van der Waals surface area contributed by atoms with Crippen LogP contribution in [0.1, 0.15) is 32.6 Å². The number of anilines is 1. The highest BCUT2D eigenvalue weighted by Crippen LogP contribution is 2.15. The smallest absolute Gasteiger partial charge is 0.191 e. The summed E-state index contributed by atoms with van der Waals surface area (Å²) in [5.41, 5.74) is 6.05. The first-order chi connectivity index (χ1) is 10.3. The van der Waals surface area contributed by atoms with Crippen LogP contribution in [0.25, 0.3) is 0 Å². The normalized spacial score (nSPS) is 16.2. The van der Waals surface area contributed by atoms with Gasteiger partial charge in [0.25, 0.3) is 0 Å². The lowest BCUT2D eigenvalue weighted by atomic mass is 10.00. The van der Waals surface area contributed by atoms with E-state index in [9.17, 15) is 0 Å². The fourth-order valence-electron chi connectivity index (χ4n) is 2.45. The van der Waals surface area contributed by atoms with Crippen molar-refractivity contribution in [3.63, 3.8) is 0 Å². The lowest BCUT2D eigenvalue weighted by Crippen LogP contribution is -2.42. The van der Waals surface area contributed by atoms with Gasteiger partial charge in [-0.1, -0.05) is 13.0 Å². The Labute approximate surface area is 150 Å². The van der Waals surface area contributed by atoms with E-state index in [1.807, 2.05) is 18.2 Å². The number of nitrogens with one attached hydrogen (secondary N) is 1. The summed E-state index contributed by atoms with van der Waals surface area (Å²) in [5, 5.41) is 3.30. The average molecular weight is 417 g/mol. The van der Waals surface area contributed by atoms with Crippen LogP contribution in [-0.2, 0) is 0 Å².